The zero-order chi connectivity index (χ0) is 19.8. The van der Waals surface area contributed by atoms with Crippen molar-refractivity contribution in [2.24, 2.45) is 0 Å². The third kappa shape index (κ3) is 5.57. The lowest BCUT2D eigenvalue weighted by molar-refractivity contribution is 0.0983. The van der Waals surface area contributed by atoms with Crippen LogP contribution in [0, 0.1) is 0 Å². The molecule has 3 rings (SSSR count). The van der Waals surface area contributed by atoms with Crippen LogP contribution < -0.4 is 16.0 Å². The predicted octanol–water partition coefficient (Wildman–Crippen LogP) is 3.15. The molecule has 28 heavy (non-hydrogen) atoms. The Hall–Kier alpha value is -3.36. The van der Waals surface area contributed by atoms with Gasteiger partial charge in [-0.3, -0.25) is 5.32 Å². The minimum Gasteiger partial charge on any atom is -0.450 e. The second-order valence-corrected chi connectivity index (χ2v) is 6.35. The van der Waals surface area contributed by atoms with E-state index in [1.165, 1.54) is 0 Å². The maximum Gasteiger partial charge on any atom is 0.409 e. The van der Waals surface area contributed by atoms with E-state index in [0.717, 1.165) is 12.8 Å². The molecule has 0 bridgehead atoms. The molecule has 0 saturated carbocycles. The van der Waals surface area contributed by atoms with Gasteiger partial charge in [-0.05, 0) is 44.0 Å². The van der Waals surface area contributed by atoms with Crippen molar-refractivity contribution in [1.29, 1.82) is 0 Å². The summed E-state index contributed by atoms with van der Waals surface area (Å²) in [4.78, 5) is 25.4. The molecule has 0 atom stereocenters. The second kappa shape index (κ2) is 9.54. The largest absolute Gasteiger partial charge is 0.450 e. The number of carbonyl (C=O) groups excluding carboxylic acids is 2. The molecular formula is C19H24N6O3. The number of hydrogen-bond acceptors (Lipinski definition) is 6. The lowest BCUT2D eigenvalue weighted by atomic mass is 10.1. The van der Waals surface area contributed by atoms with Crippen LogP contribution in [0.15, 0.2) is 42.5 Å². The number of para-hydroxylation sites is 1. The van der Waals surface area contributed by atoms with Gasteiger partial charge < -0.3 is 20.3 Å². The Labute approximate surface area is 163 Å². The standard InChI is InChI=1S/C19H24N6O3/c1-2-28-19(27)25-12-10-15(11-13-25)20-16-8-9-17(24-23-16)22-18(26)21-14-6-4-3-5-7-14/h3-9,15H,2,10-13H2,1H3,(H,20,23)(H2,21,22,24,26). The number of aromatic nitrogens is 2. The first-order valence-corrected chi connectivity index (χ1v) is 9.29. The number of likely N-dealkylation sites (tertiary alicyclic amines) is 1. The summed E-state index contributed by atoms with van der Waals surface area (Å²) < 4.78 is 5.02. The second-order valence-electron chi connectivity index (χ2n) is 6.35. The quantitative estimate of drug-likeness (QED) is 0.731. The van der Waals surface area contributed by atoms with E-state index in [1.807, 2.05) is 18.2 Å². The van der Waals surface area contributed by atoms with Crippen molar-refractivity contribution in [2.45, 2.75) is 25.8 Å². The molecule has 2 aromatic rings. The molecule has 2 heterocycles. The molecule has 0 unspecified atom stereocenters. The maximum atomic E-state index is 12.0. The minimum absolute atomic E-state index is 0.208. The van der Waals surface area contributed by atoms with Crippen LogP contribution in [0.4, 0.5) is 26.9 Å². The highest BCUT2D eigenvalue weighted by Crippen LogP contribution is 2.16. The molecule has 0 radical (unpaired) electrons. The third-order valence-electron chi connectivity index (χ3n) is 4.31. The first kappa shape index (κ1) is 19.4. The number of piperidine rings is 1. The van der Waals surface area contributed by atoms with E-state index < -0.39 is 0 Å². The van der Waals surface area contributed by atoms with E-state index in [0.29, 0.717) is 37.0 Å². The fraction of sp³-hybridized carbons (Fsp3) is 0.368. The highest BCUT2D eigenvalue weighted by molar-refractivity contribution is 5.99. The summed E-state index contributed by atoms with van der Waals surface area (Å²) in [5, 5.41) is 16.8. The van der Waals surface area contributed by atoms with Crippen LogP contribution in [-0.2, 0) is 4.74 Å². The summed E-state index contributed by atoms with van der Waals surface area (Å²) in [5.74, 6) is 0.986. The van der Waals surface area contributed by atoms with Crippen LogP contribution in [-0.4, -0.2) is 53.0 Å². The van der Waals surface area contributed by atoms with E-state index in [2.05, 4.69) is 26.1 Å². The van der Waals surface area contributed by atoms with Crippen LogP contribution >= 0.6 is 0 Å². The fourth-order valence-electron chi connectivity index (χ4n) is 2.91. The average Bonchev–Trinajstić information content (AvgIpc) is 2.71. The first-order chi connectivity index (χ1) is 13.6. The molecule has 1 aliphatic heterocycles. The number of amides is 3. The summed E-state index contributed by atoms with van der Waals surface area (Å²) in [5.41, 5.74) is 0.695. The summed E-state index contributed by atoms with van der Waals surface area (Å²) >= 11 is 0. The molecule has 3 amide bonds. The Morgan fingerprint density at radius 1 is 1.04 bits per heavy atom. The van der Waals surface area contributed by atoms with Gasteiger partial charge in [0, 0.05) is 24.8 Å². The monoisotopic (exact) mass is 384 g/mol. The highest BCUT2D eigenvalue weighted by Gasteiger charge is 2.23. The molecule has 0 spiro atoms. The van der Waals surface area contributed by atoms with Crippen LogP contribution in [0.25, 0.3) is 0 Å². The molecular weight excluding hydrogens is 360 g/mol. The molecule has 0 aliphatic carbocycles. The van der Waals surface area contributed by atoms with Crippen molar-refractivity contribution in [3.05, 3.63) is 42.5 Å². The minimum atomic E-state index is -0.382. The molecule has 1 saturated heterocycles. The van der Waals surface area contributed by atoms with Crippen molar-refractivity contribution < 1.29 is 14.3 Å². The van der Waals surface area contributed by atoms with Gasteiger partial charge in [-0.1, -0.05) is 18.2 Å². The number of ether oxygens (including phenoxy) is 1. The number of benzene rings is 1. The molecule has 1 fully saturated rings. The van der Waals surface area contributed by atoms with Gasteiger partial charge in [-0.2, -0.15) is 0 Å². The lowest BCUT2D eigenvalue weighted by Gasteiger charge is -2.31. The fourth-order valence-corrected chi connectivity index (χ4v) is 2.91. The van der Waals surface area contributed by atoms with Crippen molar-refractivity contribution in [2.75, 3.05) is 35.6 Å². The predicted molar refractivity (Wildman–Crippen MR) is 106 cm³/mol. The summed E-state index contributed by atoms with van der Waals surface area (Å²) in [6.07, 6.45) is 1.35. The maximum absolute atomic E-state index is 12.0. The van der Waals surface area contributed by atoms with Gasteiger partial charge in [0.2, 0.25) is 0 Å². The smallest absolute Gasteiger partial charge is 0.409 e. The molecule has 1 aromatic carbocycles. The Morgan fingerprint density at radius 2 is 1.71 bits per heavy atom. The molecule has 9 nitrogen and oxygen atoms in total. The number of carbonyl (C=O) groups is 2. The van der Waals surface area contributed by atoms with Gasteiger partial charge in [-0.15, -0.1) is 10.2 Å². The van der Waals surface area contributed by atoms with E-state index in [4.69, 9.17) is 4.74 Å². The first-order valence-electron chi connectivity index (χ1n) is 9.29. The van der Waals surface area contributed by atoms with Gasteiger partial charge in [0.1, 0.15) is 5.82 Å². The van der Waals surface area contributed by atoms with Gasteiger partial charge in [-0.25, -0.2) is 9.59 Å². The molecule has 1 aromatic heterocycles. The van der Waals surface area contributed by atoms with Crippen molar-refractivity contribution in [1.82, 2.24) is 15.1 Å². The molecule has 3 N–H and O–H groups in total. The Morgan fingerprint density at radius 3 is 2.36 bits per heavy atom. The van der Waals surface area contributed by atoms with Crippen LogP contribution in [0.3, 0.4) is 0 Å². The summed E-state index contributed by atoms with van der Waals surface area (Å²) in [6.45, 7) is 3.47. The molecule has 9 heteroatoms. The number of nitrogens with zero attached hydrogens (tertiary/aromatic N) is 3. The summed E-state index contributed by atoms with van der Waals surface area (Å²) in [7, 11) is 0. The van der Waals surface area contributed by atoms with Crippen molar-refractivity contribution in [3.63, 3.8) is 0 Å². The number of hydrogen-bond donors (Lipinski definition) is 3. The molecule has 1 aliphatic rings. The number of rotatable bonds is 5. The van der Waals surface area contributed by atoms with Crippen LogP contribution in [0.1, 0.15) is 19.8 Å². The normalized spacial score (nSPS) is 14.2. The van der Waals surface area contributed by atoms with E-state index in [9.17, 15) is 9.59 Å². The summed E-state index contributed by atoms with van der Waals surface area (Å²) in [6, 6.07) is 12.4. The number of urea groups is 1. The SMILES string of the molecule is CCOC(=O)N1CCC(Nc2ccc(NC(=O)Nc3ccccc3)nn2)CC1. The van der Waals surface area contributed by atoms with Gasteiger partial charge in [0.05, 0.1) is 6.61 Å². The molecule has 148 valence electrons. The van der Waals surface area contributed by atoms with Crippen LogP contribution in [0.5, 0.6) is 0 Å². The number of nitrogens with one attached hydrogen (secondary N) is 3. The van der Waals surface area contributed by atoms with Gasteiger partial charge in [0.25, 0.3) is 0 Å². The van der Waals surface area contributed by atoms with Crippen molar-refractivity contribution >= 4 is 29.4 Å². The zero-order valence-corrected chi connectivity index (χ0v) is 15.7. The van der Waals surface area contributed by atoms with E-state index >= 15 is 0 Å². The van der Waals surface area contributed by atoms with E-state index in [-0.39, 0.29) is 18.2 Å². The third-order valence-corrected chi connectivity index (χ3v) is 4.31. The average molecular weight is 384 g/mol. The van der Waals surface area contributed by atoms with E-state index in [1.54, 1.807) is 36.1 Å². The highest BCUT2D eigenvalue weighted by atomic mass is 16.6. The Balaban J connectivity index is 1.44. The van der Waals surface area contributed by atoms with Gasteiger partial charge in [0.15, 0.2) is 5.82 Å². The lowest BCUT2D eigenvalue weighted by Crippen LogP contribution is -2.42. The van der Waals surface area contributed by atoms with Crippen molar-refractivity contribution in [3.8, 4) is 0 Å². The Kier molecular flexibility index (Phi) is 6.61. The zero-order valence-electron chi connectivity index (χ0n) is 15.7. The van der Waals surface area contributed by atoms with Gasteiger partial charge >= 0.3 is 12.1 Å². The Bertz CT molecular complexity index is 776. The van der Waals surface area contributed by atoms with Crippen LogP contribution in [0.2, 0.25) is 0 Å². The number of anilines is 3. The topological polar surface area (TPSA) is 108 Å².